The number of carbonyl (C=O) groups is 1. The smallest absolute Gasteiger partial charge is 0.146 e. The van der Waals surface area contributed by atoms with Crippen molar-refractivity contribution in [3.05, 3.63) is 54.8 Å². The topological polar surface area (TPSA) is 20.3 Å². The van der Waals surface area contributed by atoms with Crippen LogP contribution in [-0.4, -0.2) is 12.3 Å². The molecule has 0 N–H and O–H groups in total. The third kappa shape index (κ3) is 1.59. The van der Waals surface area contributed by atoms with Crippen molar-refractivity contribution in [2.24, 2.45) is 0 Å². The van der Waals surface area contributed by atoms with Crippen LogP contribution in [0.15, 0.2) is 54.8 Å². The van der Waals surface area contributed by atoms with E-state index >= 15 is 0 Å². The van der Waals surface area contributed by atoms with Crippen molar-refractivity contribution in [3.8, 4) is 0 Å². The van der Waals surface area contributed by atoms with Gasteiger partial charge in [-0.15, -0.1) is 0 Å². The van der Waals surface area contributed by atoms with E-state index in [0.717, 1.165) is 12.0 Å². The molecule has 1 unspecified atom stereocenters. The van der Waals surface area contributed by atoms with Crippen LogP contribution < -0.4 is 4.90 Å². The number of benzene rings is 1. The quantitative estimate of drug-likeness (QED) is 0.658. The second-order valence-electron chi connectivity index (χ2n) is 3.10. The molecular weight excluding hydrogens is 174 g/mol. The van der Waals surface area contributed by atoms with Crippen molar-refractivity contribution in [1.29, 1.82) is 0 Å². The van der Waals surface area contributed by atoms with Gasteiger partial charge >= 0.3 is 0 Å². The highest BCUT2D eigenvalue weighted by Crippen LogP contribution is 2.18. The zero-order chi connectivity index (χ0) is 9.80. The van der Waals surface area contributed by atoms with E-state index in [1.54, 1.807) is 0 Å². The fraction of sp³-hybridized carbons (Fsp3) is 0.0833. The van der Waals surface area contributed by atoms with E-state index in [-0.39, 0.29) is 6.04 Å². The number of anilines is 1. The number of aldehydes is 1. The van der Waals surface area contributed by atoms with Crippen LogP contribution >= 0.6 is 0 Å². The van der Waals surface area contributed by atoms with Crippen molar-refractivity contribution in [3.63, 3.8) is 0 Å². The summed E-state index contributed by atoms with van der Waals surface area (Å²) in [4.78, 5) is 12.8. The lowest BCUT2D eigenvalue weighted by atomic mass is 10.2. The Balaban J connectivity index is 2.30. The SMILES string of the molecule is O=CC1C=CC=CN1c1ccccc1. The first-order valence-corrected chi connectivity index (χ1v) is 4.55. The molecule has 1 atom stereocenters. The molecule has 2 heteroatoms. The summed E-state index contributed by atoms with van der Waals surface area (Å²) in [6, 6.07) is 9.68. The molecule has 1 aliphatic heterocycles. The summed E-state index contributed by atoms with van der Waals surface area (Å²) in [7, 11) is 0. The summed E-state index contributed by atoms with van der Waals surface area (Å²) in [5.74, 6) is 0. The summed E-state index contributed by atoms with van der Waals surface area (Å²) >= 11 is 0. The third-order valence-corrected chi connectivity index (χ3v) is 2.18. The first-order chi connectivity index (χ1) is 6.92. The van der Waals surface area contributed by atoms with Crippen molar-refractivity contribution >= 4 is 12.0 Å². The molecule has 0 radical (unpaired) electrons. The van der Waals surface area contributed by atoms with Crippen molar-refractivity contribution in [2.75, 3.05) is 4.90 Å². The lowest BCUT2D eigenvalue weighted by Gasteiger charge is -2.26. The Kier molecular flexibility index (Phi) is 2.45. The molecule has 0 aromatic heterocycles. The van der Waals surface area contributed by atoms with Crippen LogP contribution in [-0.2, 0) is 4.79 Å². The fourth-order valence-electron chi connectivity index (χ4n) is 1.48. The van der Waals surface area contributed by atoms with Gasteiger partial charge in [0.1, 0.15) is 12.3 Å². The standard InChI is InChI=1S/C12H11NO/c14-10-12-8-4-5-9-13(12)11-6-2-1-3-7-11/h1-10,12H. The Morgan fingerprint density at radius 2 is 1.93 bits per heavy atom. The fourth-order valence-corrected chi connectivity index (χ4v) is 1.48. The van der Waals surface area contributed by atoms with Crippen LogP contribution in [0.3, 0.4) is 0 Å². The molecular formula is C12H11NO. The number of allylic oxidation sites excluding steroid dienone is 2. The molecule has 0 bridgehead atoms. The molecule has 70 valence electrons. The zero-order valence-corrected chi connectivity index (χ0v) is 7.71. The van der Waals surface area contributed by atoms with Gasteiger partial charge in [0.2, 0.25) is 0 Å². The van der Waals surface area contributed by atoms with Crippen LogP contribution in [0.5, 0.6) is 0 Å². The molecule has 1 aromatic rings. The molecule has 0 amide bonds. The summed E-state index contributed by atoms with van der Waals surface area (Å²) in [6.45, 7) is 0. The summed E-state index contributed by atoms with van der Waals surface area (Å²) < 4.78 is 0. The normalized spacial score (nSPS) is 19.7. The molecule has 0 spiro atoms. The predicted molar refractivity (Wildman–Crippen MR) is 57.1 cm³/mol. The Morgan fingerprint density at radius 3 is 2.64 bits per heavy atom. The number of rotatable bonds is 2. The number of nitrogens with zero attached hydrogens (tertiary/aromatic N) is 1. The Bertz CT molecular complexity index is 367. The van der Waals surface area contributed by atoms with E-state index in [1.807, 2.05) is 59.7 Å². The van der Waals surface area contributed by atoms with Gasteiger partial charge in [-0.25, -0.2) is 0 Å². The highest BCUT2D eigenvalue weighted by molar-refractivity contribution is 5.71. The van der Waals surface area contributed by atoms with Crippen LogP contribution in [0, 0.1) is 0 Å². The van der Waals surface area contributed by atoms with E-state index in [9.17, 15) is 4.79 Å². The van der Waals surface area contributed by atoms with Crippen molar-refractivity contribution < 1.29 is 4.79 Å². The molecule has 1 aromatic carbocycles. The molecule has 0 aliphatic carbocycles. The molecule has 0 fully saturated rings. The molecule has 0 saturated heterocycles. The maximum absolute atomic E-state index is 10.8. The minimum atomic E-state index is -0.178. The van der Waals surface area contributed by atoms with Crippen molar-refractivity contribution in [2.45, 2.75) is 6.04 Å². The molecule has 1 heterocycles. The van der Waals surface area contributed by atoms with Gasteiger partial charge in [-0.1, -0.05) is 30.4 Å². The van der Waals surface area contributed by atoms with E-state index in [2.05, 4.69) is 0 Å². The Morgan fingerprint density at radius 1 is 1.14 bits per heavy atom. The van der Waals surface area contributed by atoms with Gasteiger partial charge in [-0.05, 0) is 18.2 Å². The summed E-state index contributed by atoms with van der Waals surface area (Å²) in [5.41, 5.74) is 1.03. The van der Waals surface area contributed by atoms with Gasteiger partial charge in [0.25, 0.3) is 0 Å². The number of para-hydroxylation sites is 1. The molecule has 1 aliphatic rings. The largest absolute Gasteiger partial charge is 0.334 e. The average Bonchev–Trinajstić information content (AvgIpc) is 2.30. The minimum absolute atomic E-state index is 0.178. The van der Waals surface area contributed by atoms with Gasteiger partial charge in [0.05, 0.1) is 0 Å². The van der Waals surface area contributed by atoms with Gasteiger partial charge in [0, 0.05) is 11.9 Å². The lowest BCUT2D eigenvalue weighted by Crippen LogP contribution is -2.31. The molecule has 2 nitrogen and oxygen atoms in total. The maximum Gasteiger partial charge on any atom is 0.146 e. The molecule has 0 saturated carbocycles. The van der Waals surface area contributed by atoms with E-state index in [0.29, 0.717) is 0 Å². The average molecular weight is 185 g/mol. The summed E-state index contributed by atoms with van der Waals surface area (Å²) in [5, 5.41) is 0. The molecule has 2 rings (SSSR count). The van der Waals surface area contributed by atoms with E-state index < -0.39 is 0 Å². The van der Waals surface area contributed by atoms with Gasteiger partial charge in [-0.3, -0.25) is 0 Å². The molecule has 14 heavy (non-hydrogen) atoms. The van der Waals surface area contributed by atoms with Crippen LogP contribution in [0.2, 0.25) is 0 Å². The predicted octanol–water partition coefficient (Wildman–Crippen LogP) is 2.14. The van der Waals surface area contributed by atoms with E-state index in [1.165, 1.54) is 0 Å². The number of carbonyl (C=O) groups excluding carboxylic acids is 1. The first kappa shape index (κ1) is 8.75. The lowest BCUT2D eigenvalue weighted by molar-refractivity contribution is -0.108. The second-order valence-corrected chi connectivity index (χ2v) is 3.10. The van der Waals surface area contributed by atoms with Gasteiger partial charge in [-0.2, -0.15) is 0 Å². The third-order valence-electron chi connectivity index (χ3n) is 2.18. The summed E-state index contributed by atoms with van der Waals surface area (Å²) in [6.07, 6.45) is 8.53. The zero-order valence-electron chi connectivity index (χ0n) is 7.71. The second kappa shape index (κ2) is 3.92. The van der Waals surface area contributed by atoms with Crippen LogP contribution in [0.25, 0.3) is 0 Å². The van der Waals surface area contributed by atoms with Crippen molar-refractivity contribution in [1.82, 2.24) is 0 Å². The van der Waals surface area contributed by atoms with Gasteiger partial charge < -0.3 is 9.69 Å². The first-order valence-electron chi connectivity index (χ1n) is 4.55. The number of hydrogen-bond acceptors (Lipinski definition) is 2. The Labute approximate surface area is 83.2 Å². The monoisotopic (exact) mass is 185 g/mol. The van der Waals surface area contributed by atoms with Crippen LogP contribution in [0.4, 0.5) is 5.69 Å². The van der Waals surface area contributed by atoms with E-state index in [4.69, 9.17) is 0 Å². The maximum atomic E-state index is 10.8. The highest BCUT2D eigenvalue weighted by atomic mass is 16.1. The number of hydrogen-bond donors (Lipinski definition) is 0. The van der Waals surface area contributed by atoms with Crippen LogP contribution in [0.1, 0.15) is 0 Å². The minimum Gasteiger partial charge on any atom is -0.334 e. The van der Waals surface area contributed by atoms with Gasteiger partial charge in [0.15, 0.2) is 0 Å². The Hall–Kier alpha value is -1.83. The highest BCUT2D eigenvalue weighted by Gasteiger charge is 2.14.